The average molecular weight is 799 g/mol. The summed E-state index contributed by atoms with van der Waals surface area (Å²) in [6.07, 6.45) is 0. The first kappa shape index (κ1) is 36.4. The van der Waals surface area contributed by atoms with E-state index in [0.29, 0.717) is 5.56 Å². The summed E-state index contributed by atoms with van der Waals surface area (Å²) in [4.78, 5) is 2.40. The molecule has 0 saturated carbocycles. The lowest BCUT2D eigenvalue weighted by molar-refractivity contribution is 1.30. The lowest BCUT2D eigenvalue weighted by Crippen LogP contribution is -2.10. The van der Waals surface area contributed by atoms with E-state index in [4.69, 9.17) is 0 Å². The zero-order valence-electron chi connectivity index (χ0n) is 34.3. The molecule has 0 fully saturated rings. The van der Waals surface area contributed by atoms with Crippen LogP contribution in [-0.4, -0.2) is 0 Å². The third kappa shape index (κ3) is 6.18. The Morgan fingerprint density at radius 2 is 0.540 bits per heavy atom. The lowest BCUT2D eigenvalue weighted by Gasteiger charge is -2.27. The number of benzene rings is 12. The van der Waals surface area contributed by atoms with Crippen LogP contribution in [0, 0.1) is 11.3 Å². The average Bonchev–Trinajstić information content (AvgIpc) is 3.37. The quantitative estimate of drug-likeness (QED) is 0.157. The number of rotatable bonds is 6. The minimum Gasteiger partial charge on any atom is -0.310 e. The summed E-state index contributed by atoms with van der Waals surface area (Å²) in [5.41, 5.74) is 10.9. The van der Waals surface area contributed by atoms with Gasteiger partial charge in [-0.2, -0.15) is 5.26 Å². The highest BCUT2D eigenvalue weighted by Crippen LogP contribution is 2.45. The van der Waals surface area contributed by atoms with Crippen LogP contribution in [0.15, 0.2) is 231 Å². The van der Waals surface area contributed by atoms with Gasteiger partial charge in [-0.3, -0.25) is 0 Å². The third-order valence-corrected chi connectivity index (χ3v) is 12.8. The van der Waals surface area contributed by atoms with E-state index < -0.39 is 0 Å². The molecule has 0 spiro atoms. The molecule has 0 aliphatic carbocycles. The summed E-state index contributed by atoms with van der Waals surface area (Å²) in [6.45, 7) is 0. The molecule has 63 heavy (non-hydrogen) atoms. The highest BCUT2D eigenvalue weighted by atomic mass is 15.1. The molecule has 0 aromatic heterocycles. The van der Waals surface area contributed by atoms with Gasteiger partial charge in [-0.1, -0.05) is 170 Å². The molecule has 0 radical (unpaired) electrons. The fourth-order valence-corrected chi connectivity index (χ4v) is 9.78. The molecule has 12 rings (SSSR count). The Morgan fingerprint density at radius 1 is 0.238 bits per heavy atom. The fraction of sp³-hybridized carbons (Fsp3) is 0. The van der Waals surface area contributed by atoms with Crippen molar-refractivity contribution in [3.8, 4) is 39.4 Å². The summed E-state index contributed by atoms with van der Waals surface area (Å²) < 4.78 is 0. The van der Waals surface area contributed by atoms with E-state index in [-0.39, 0.29) is 0 Å². The molecular formula is C61H38N2. The van der Waals surface area contributed by atoms with Crippen LogP contribution in [0.5, 0.6) is 0 Å². The molecule has 0 aliphatic heterocycles. The van der Waals surface area contributed by atoms with Gasteiger partial charge in [0.2, 0.25) is 0 Å². The van der Waals surface area contributed by atoms with Crippen LogP contribution in [0.4, 0.5) is 17.1 Å². The van der Waals surface area contributed by atoms with Crippen LogP contribution in [0.25, 0.3) is 98.0 Å². The summed E-state index contributed by atoms with van der Waals surface area (Å²) in [6, 6.07) is 85.6. The fourth-order valence-electron chi connectivity index (χ4n) is 9.78. The lowest BCUT2D eigenvalue weighted by atomic mass is 9.91. The third-order valence-electron chi connectivity index (χ3n) is 12.8. The maximum Gasteiger partial charge on any atom is 0.0991 e. The normalized spacial score (nSPS) is 11.5. The number of nitriles is 1. The summed E-state index contributed by atoms with van der Waals surface area (Å²) in [5.74, 6) is 0. The van der Waals surface area contributed by atoms with Crippen LogP contribution < -0.4 is 4.90 Å². The second-order valence-electron chi connectivity index (χ2n) is 16.4. The summed E-state index contributed by atoms with van der Waals surface area (Å²) in [5, 5.41) is 24.3. The Kier molecular flexibility index (Phi) is 8.59. The molecule has 0 saturated heterocycles. The second-order valence-corrected chi connectivity index (χ2v) is 16.4. The maximum absolute atomic E-state index is 9.42. The summed E-state index contributed by atoms with van der Waals surface area (Å²) in [7, 11) is 0. The highest BCUT2D eigenvalue weighted by molar-refractivity contribution is 6.28. The number of hydrogen-bond donors (Lipinski definition) is 0. The zero-order valence-corrected chi connectivity index (χ0v) is 34.3. The Bertz CT molecular complexity index is 3530. The standard InChI is InChI=1S/C61H38N2/c62-39-40-19-21-43(22-20-40)44-23-27-47(28-24-44)63(48-29-33-56-54-31-25-45(41-11-3-1-4-12-41)35-58(54)50-15-7-9-17-52(50)60(56)37-48)49-30-34-57-55-32-26-46(42-13-5-2-6-14-42)36-59(55)51-16-8-10-18-53(51)61(57)38-49/h1-38H. The molecular weight excluding hydrogens is 761 g/mol. The van der Waals surface area contributed by atoms with Gasteiger partial charge in [0.1, 0.15) is 0 Å². The number of fused-ring (bicyclic) bond motifs is 12. The molecule has 0 aliphatic rings. The molecule has 12 aromatic rings. The van der Waals surface area contributed by atoms with Crippen molar-refractivity contribution in [2.75, 3.05) is 4.90 Å². The smallest absolute Gasteiger partial charge is 0.0991 e. The molecule has 0 atom stereocenters. The second kappa shape index (κ2) is 14.9. The zero-order chi connectivity index (χ0) is 41.9. The minimum absolute atomic E-state index is 0.656. The largest absolute Gasteiger partial charge is 0.310 e. The van der Waals surface area contributed by atoms with Crippen molar-refractivity contribution in [2.45, 2.75) is 0 Å². The van der Waals surface area contributed by atoms with E-state index in [2.05, 4.69) is 217 Å². The predicted octanol–water partition coefficient (Wildman–Crippen LogP) is 16.9. The van der Waals surface area contributed by atoms with Gasteiger partial charge < -0.3 is 4.90 Å². The van der Waals surface area contributed by atoms with Gasteiger partial charge in [0.05, 0.1) is 11.6 Å². The molecule has 12 aromatic carbocycles. The van der Waals surface area contributed by atoms with Crippen molar-refractivity contribution >= 4 is 81.7 Å². The van der Waals surface area contributed by atoms with Crippen molar-refractivity contribution in [1.82, 2.24) is 0 Å². The molecule has 0 unspecified atom stereocenters. The van der Waals surface area contributed by atoms with Gasteiger partial charge in [-0.25, -0.2) is 0 Å². The Balaban J connectivity index is 1.07. The number of anilines is 3. The van der Waals surface area contributed by atoms with Crippen LogP contribution in [-0.2, 0) is 0 Å². The van der Waals surface area contributed by atoms with Crippen LogP contribution in [0.3, 0.4) is 0 Å². The Morgan fingerprint density at radius 3 is 0.952 bits per heavy atom. The Labute approximate surface area is 365 Å². The molecule has 0 heterocycles. The predicted molar refractivity (Wildman–Crippen MR) is 267 cm³/mol. The molecule has 2 heteroatoms. The first-order valence-electron chi connectivity index (χ1n) is 21.5. The molecule has 0 amide bonds. The first-order valence-corrected chi connectivity index (χ1v) is 21.5. The van der Waals surface area contributed by atoms with E-state index >= 15 is 0 Å². The summed E-state index contributed by atoms with van der Waals surface area (Å²) >= 11 is 0. The van der Waals surface area contributed by atoms with Crippen LogP contribution >= 0.6 is 0 Å². The van der Waals surface area contributed by atoms with Crippen LogP contribution in [0.1, 0.15) is 5.56 Å². The van der Waals surface area contributed by atoms with Crippen molar-refractivity contribution in [3.05, 3.63) is 236 Å². The van der Waals surface area contributed by atoms with Gasteiger partial charge in [0.15, 0.2) is 0 Å². The van der Waals surface area contributed by atoms with Crippen LogP contribution in [0.2, 0.25) is 0 Å². The molecule has 0 bridgehead atoms. The van der Waals surface area contributed by atoms with Crippen molar-refractivity contribution in [1.29, 1.82) is 5.26 Å². The van der Waals surface area contributed by atoms with Gasteiger partial charge in [-0.05, 0) is 159 Å². The van der Waals surface area contributed by atoms with E-state index in [0.717, 1.165) is 28.2 Å². The van der Waals surface area contributed by atoms with Gasteiger partial charge in [0.25, 0.3) is 0 Å². The maximum atomic E-state index is 9.42. The van der Waals surface area contributed by atoms with Gasteiger partial charge in [-0.15, -0.1) is 0 Å². The molecule has 0 N–H and O–H groups in total. The first-order chi connectivity index (χ1) is 31.2. The minimum atomic E-state index is 0.656. The van der Waals surface area contributed by atoms with E-state index in [1.165, 1.54) is 86.9 Å². The van der Waals surface area contributed by atoms with Crippen molar-refractivity contribution < 1.29 is 0 Å². The topological polar surface area (TPSA) is 27.0 Å². The number of hydrogen-bond acceptors (Lipinski definition) is 2. The highest BCUT2D eigenvalue weighted by Gasteiger charge is 2.19. The Hall–Kier alpha value is -8.51. The molecule has 2 nitrogen and oxygen atoms in total. The van der Waals surface area contributed by atoms with Gasteiger partial charge >= 0.3 is 0 Å². The van der Waals surface area contributed by atoms with E-state index in [1.54, 1.807) is 0 Å². The number of nitrogens with zero attached hydrogens (tertiary/aromatic N) is 2. The molecule has 292 valence electrons. The van der Waals surface area contributed by atoms with Crippen molar-refractivity contribution in [3.63, 3.8) is 0 Å². The SMILES string of the molecule is N#Cc1ccc(-c2ccc(N(c3ccc4c5ccc(-c6ccccc6)cc5c5ccccc5c4c3)c3ccc4c5ccc(-c6ccccc6)cc5c5ccccc5c4c3)cc2)cc1. The monoisotopic (exact) mass is 798 g/mol. The van der Waals surface area contributed by atoms with E-state index in [9.17, 15) is 5.26 Å². The van der Waals surface area contributed by atoms with Crippen molar-refractivity contribution in [2.24, 2.45) is 0 Å². The van der Waals surface area contributed by atoms with E-state index in [1.807, 2.05) is 24.3 Å². The van der Waals surface area contributed by atoms with Gasteiger partial charge in [0, 0.05) is 17.1 Å².